The van der Waals surface area contributed by atoms with Gasteiger partial charge in [-0.2, -0.15) is 0 Å². The highest BCUT2D eigenvalue weighted by Gasteiger charge is 2.20. The molecule has 0 saturated heterocycles. The summed E-state index contributed by atoms with van der Waals surface area (Å²) in [7, 11) is 0. The van der Waals surface area contributed by atoms with E-state index in [0.717, 1.165) is 12.8 Å². The molecule has 1 aliphatic rings. The Bertz CT molecular complexity index is 3120. The Morgan fingerprint density at radius 3 is 1.63 bits per heavy atom. The summed E-state index contributed by atoms with van der Waals surface area (Å²) in [5, 5.41) is 10.0. The van der Waals surface area contributed by atoms with E-state index >= 15 is 0 Å². The van der Waals surface area contributed by atoms with Gasteiger partial charge in [-0.3, -0.25) is 0 Å². The van der Waals surface area contributed by atoms with Crippen LogP contribution in [0.15, 0.2) is 218 Å². The van der Waals surface area contributed by atoms with Crippen molar-refractivity contribution in [1.82, 2.24) is 0 Å². The topological polar surface area (TPSA) is 0 Å². The van der Waals surface area contributed by atoms with Crippen LogP contribution in [0.2, 0.25) is 0 Å². The van der Waals surface area contributed by atoms with Gasteiger partial charge in [-0.05, 0) is 142 Å². The first-order chi connectivity index (χ1) is 28.2. The molecule has 0 heteroatoms. The van der Waals surface area contributed by atoms with Crippen molar-refractivity contribution in [3.63, 3.8) is 0 Å². The Morgan fingerprint density at radius 1 is 0.439 bits per heavy atom. The zero-order chi connectivity index (χ0) is 38.3. The van der Waals surface area contributed by atoms with E-state index in [0.29, 0.717) is 0 Å². The van der Waals surface area contributed by atoms with Gasteiger partial charge in [-0.1, -0.05) is 195 Å². The van der Waals surface area contributed by atoms with Gasteiger partial charge in [0, 0.05) is 0 Å². The van der Waals surface area contributed by atoms with Crippen LogP contribution in [0, 0.1) is 0 Å². The molecule has 0 heterocycles. The van der Waals surface area contributed by atoms with Gasteiger partial charge < -0.3 is 0 Å². The second-order valence-electron chi connectivity index (χ2n) is 15.1. The van der Waals surface area contributed by atoms with E-state index in [2.05, 4.69) is 208 Å². The van der Waals surface area contributed by atoms with Gasteiger partial charge in [0.1, 0.15) is 0 Å². The van der Waals surface area contributed by atoms with E-state index in [1.165, 1.54) is 110 Å². The summed E-state index contributed by atoms with van der Waals surface area (Å²) in [6.45, 7) is 6.27. The number of hydrogen-bond acceptors (Lipinski definition) is 0. The van der Waals surface area contributed by atoms with E-state index in [-0.39, 0.29) is 0 Å². The average molecular weight is 727 g/mol. The summed E-state index contributed by atoms with van der Waals surface area (Å²) in [5.41, 5.74) is 15.0. The Hall–Kier alpha value is -7.02. The summed E-state index contributed by atoms with van der Waals surface area (Å²) in [4.78, 5) is 0. The Kier molecular flexibility index (Phi) is 8.81. The fraction of sp³-hybridized carbons (Fsp3) is 0.0526. The zero-order valence-electron chi connectivity index (χ0n) is 32.2. The highest BCUT2D eigenvalue weighted by atomic mass is 14.2. The minimum absolute atomic E-state index is 1.01. The minimum atomic E-state index is 1.01. The van der Waals surface area contributed by atoms with E-state index in [1.54, 1.807) is 0 Å². The van der Waals surface area contributed by atoms with Crippen molar-refractivity contribution in [2.24, 2.45) is 0 Å². The molecule has 0 aliphatic heterocycles. The first-order valence-electron chi connectivity index (χ1n) is 20.0. The maximum absolute atomic E-state index is 4.17. The smallest absolute Gasteiger partial charge is 0.00261 e. The minimum Gasteiger partial charge on any atom is -0.0988 e. The highest BCUT2D eigenvalue weighted by Crippen LogP contribution is 2.46. The van der Waals surface area contributed by atoms with Crippen LogP contribution in [-0.4, -0.2) is 0 Å². The fourth-order valence-electron chi connectivity index (χ4n) is 9.22. The number of benzene rings is 9. The third kappa shape index (κ3) is 6.02. The molecule has 9 aromatic rings. The number of rotatable bonds is 7. The summed E-state index contributed by atoms with van der Waals surface area (Å²) in [6, 6.07) is 65.2. The summed E-state index contributed by atoms with van der Waals surface area (Å²) < 4.78 is 0. The number of fused-ring (bicyclic) bond motifs is 4. The van der Waals surface area contributed by atoms with Gasteiger partial charge in [0.05, 0.1) is 0 Å². The van der Waals surface area contributed by atoms with E-state index < -0.39 is 0 Å². The maximum Gasteiger partial charge on any atom is -0.00261 e. The predicted octanol–water partition coefficient (Wildman–Crippen LogP) is 16.2. The van der Waals surface area contributed by atoms with Crippen LogP contribution in [0.25, 0.3) is 93.2 Å². The molecule has 0 aromatic heterocycles. The molecule has 0 radical (unpaired) electrons. The van der Waals surface area contributed by atoms with Gasteiger partial charge in [0.15, 0.2) is 0 Å². The fourth-order valence-corrected chi connectivity index (χ4v) is 9.22. The molecular formula is C57H42. The molecular weight excluding hydrogens is 685 g/mol. The quantitative estimate of drug-likeness (QED) is 0.143. The highest BCUT2D eigenvalue weighted by molar-refractivity contribution is 6.22. The summed E-state index contributed by atoms with van der Waals surface area (Å²) in [6.07, 6.45) is 10.9. The first-order valence-corrected chi connectivity index (χ1v) is 20.0. The Morgan fingerprint density at radius 2 is 0.965 bits per heavy atom. The van der Waals surface area contributed by atoms with Crippen molar-refractivity contribution < 1.29 is 0 Å². The van der Waals surface area contributed by atoms with Gasteiger partial charge >= 0.3 is 0 Å². The molecule has 0 fully saturated rings. The summed E-state index contributed by atoms with van der Waals surface area (Å²) in [5.74, 6) is 0. The van der Waals surface area contributed by atoms with Crippen LogP contribution in [0.5, 0.6) is 0 Å². The molecule has 0 unspecified atom stereocenters. The van der Waals surface area contributed by atoms with E-state index in [4.69, 9.17) is 0 Å². The van der Waals surface area contributed by atoms with Gasteiger partial charge in [0.2, 0.25) is 0 Å². The molecule has 0 atom stereocenters. The van der Waals surface area contributed by atoms with Gasteiger partial charge in [0.25, 0.3) is 0 Å². The lowest BCUT2D eigenvalue weighted by atomic mass is 9.82. The van der Waals surface area contributed by atoms with Crippen LogP contribution in [0.1, 0.15) is 25.3 Å². The average Bonchev–Trinajstić information content (AvgIpc) is 3.28. The molecule has 1 aliphatic carbocycles. The molecule has 10 rings (SSSR count). The molecule has 57 heavy (non-hydrogen) atoms. The van der Waals surface area contributed by atoms with Crippen molar-refractivity contribution in [2.75, 3.05) is 0 Å². The van der Waals surface area contributed by atoms with Crippen molar-refractivity contribution in [1.29, 1.82) is 0 Å². The molecule has 0 nitrogen and oxygen atoms in total. The van der Waals surface area contributed by atoms with Gasteiger partial charge in [-0.25, -0.2) is 0 Å². The van der Waals surface area contributed by atoms with E-state index in [1.807, 2.05) is 6.08 Å². The van der Waals surface area contributed by atoms with Crippen LogP contribution in [0.3, 0.4) is 0 Å². The van der Waals surface area contributed by atoms with E-state index in [9.17, 15) is 0 Å². The Labute approximate surface area is 335 Å². The lowest BCUT2D eigenvalue weighted by Crippen LogP contribution is -1.99. The third-order valence-corrected chi connectivity index (χ3v) is 11.8. The van der Waals surface area contributed by atoms with Crippen molar-refractivity contribution in [3.05, 3.63) is 224 Å². The first kappa shape index (κ1) is 34.5. The number of hydrogen-bond donors (Lipinski definition) is 0. The molecule has 0 amide bonds. The van der Waals surface area contributed by atoms with Crippen LogP contribution >= 0.6 is 0 Å². The van der Waals surface area contributed by atoms with Crippen molar-refractivity contribution >= 4 is 48.7 Å². The third-order valence-electron chi connectivity index (χ3n) is 11.8. The van der Waals surface area contributed by atoms with Crippen LogP contribution in [-0.2, 0) is 0 Å². The lowest BCUT2D eigenvalue weighted by Gasteiger charge is -2.21. The van der Waals surface area contributed by atoms with Crippen molar-refractivity contribution in [3.8, 4) is 44.5 Å². The van der Waals surface area contributed by atoms with Gasteiger partial charge in [-0.15, -0.1) is 0 Å². The zero-order valence-corrected chi connectivity index (χ0v) is 32.2. The number of allylic oxidation sites excluding steroid dienone is 7. The maximum atomic E-state index is 4.17. The molecule has 0 spiro atoms. The SMILES string of the molecule is C=CC1=C(/C=C\C)C(c2cccc(-c3c4ccccc4c(-c4ccc(-c5cccc6ccccc56)cc4)c4cc(-c5cccc6ccccc56)ccc34)c2)=CCC1. The summed E-state index contributed by atoms with van der Waals surface area (Å²) >= 11 is 0. The second-order valence-corrected chi connectivity index (χ2v) is 15.1. The predicted molar refractivity (Wildman–Crippen MR) is 247 cm³/mol. The molecule has 0 bridgehead atoms. The molecule has 0 N–H and O–H groups in total. The Balaban J connectivity index is 1.22. The standard InChI is InChI=1S/C57H42/c1-3-15-46-38(4-2)18-12-28-50(46)43-21-11-22-45(36-43)57-53-26-10-9-25-52(53)56(42-32-30-41(31-33-42)49-27-13-19-39-16-5-7-23-47(39)49)55-37-44(34-35-54(55)57)51-29-14-20-40-17-6-8-24-48(40)51/h3-11,13-17,19-37H,2,12,18H2,1H3/b15-3-. The van der Waals surface area contributed by atoms with Crippen LogP contribution in [0.4, 0.5) is 0 Å². The lowest BCUT2D eigenvalue weighted by molar-refractivity contribution is 0.984. The van der Waals surface area contributed by atoms with Crippen molar-refractivity contribution in [2.45, 2.75) is 19.8 Å². The largest absolute Gasteiger partial charge is 0.0988 e. The normalized spacial score (nSPS) is 13.2. The second kappa shape index (κ2) is 14.6. The van der Waals surface area contributed by atoms with Crippen LogP contribution < -0.4 is 0 Å². The molecule has 0 saturated carbocycles. The monoisotopic (exact) mass is 726 g/mol. The molecule has 270 valence electrons. The molecule has 9 aromatic carbocycles.